The molecule has 4 aromatic rings. The summed E-state index contributed by atoms with van der Waals surface area (Å²) in [5.74, 6) is -1.43. The SMILES string of the molecule is CO[C@@H]1[C@@H](n2cc(-c3cccc(F)c3)nn2)[C@@H](O)[C@@H](CO)O[C@H]1C(=O)N(C)[C@H]1CN(C)C[C@@H](n2cc(-c3cccc(F)c3)nn2)[C@@H]1O. The van der Waals surface area contributed by atoms with Crippen molar-refractivity contribution in [1.82, 2.24) is 39.8 Å². The van der Waals surface area contributed by atoms with E-state index in [0.717, 1.165) is 0 Å². The lowest BCUT2D eigenvalue weighted by atomic mass is 9.90. The van der Waals surface area contributed by atoms with Crippen LogP contribution in [-0.2, 0) is 14.3 Å². The van der Waals surface area contributed by atoms with E-state index in [4.69, 9.17) is 9.47 Å². The van der Waals surface area contributed by atoms with Gasteiger partial charge in [0.2, 0.25) is 0 Å². The highest BCUT2D eigenvalue weighted by atomic mass is 19.1. The maximum absolute atomic E-state index is 14.2. The van der Waals surface area contributed by atoms with Crippen molar-refractivity contribution in [3.8, 4) is 22.5 Å². The van der Waals surface area contributed by atoms with E-state index in [2.05, 4.69) is 20.6 Å². The van der Waals surface area contributed by atoms with Gasteiger partial charge in [0.15, 0.2) is 6.10 Å². The van der Waals surface area contributed by atoms with Gasteiger partial charge in [-0.05, 0) is 31.3 Å². The van der Waals surface area contributed by atoms with Gasteiger partial charge in [-0.3, -0.25) is 4.79 Å². The quantitative estimate of drug-likeness (QED) is 0.243. The van der Waals surface area contributed by atoms with E-state index in [9.17, 15) is 28.9 Å². The molecule has 0 spiro atoms. The molecule has 2 saturated heterocycles. The monoisotopic (exact) mass is 654 g/mol. The second-order valence-corrected chi connectivity index (χ2v) is 11.9. The van der Waals surface area contributed by atoms with Crippen LogP contribution in [-0.4, -0.2) is 138 Å². The normalized spacial score (nSPS) is 28.3. The number of ether oxygens (including phenoxy) is 2. The molecule has 0 radical (unpaired) electrons. The number of carbonyl (C=O) groups excluding carboxylic acids is 1. The van der Waals surface area contributed by atoms with Crippen LogP contribution in [0.4, 0.5) is 8.78 Å². The van der Waals surface area contributed by atoms with E-state index in [1.54, 1.807) is 24.4 Å². The summed E-state index contributed by atoms with van der Waals surface area (Å²) >= 11 is 0. The van der Waals surface area contributed by atoms with Gasteiger partial charge in [-0.1, -0.05) is 34.7 Å². The molecule has 2 aromatic carbocycles. The van der Waals surface area contributed by atoms with Crippen LogP contribution >= 0.6 is 0 Å². The molecular weight excluding hydrogens is 618 g/mol. The molecule has 2 aliphatic rings. The molecule has 8 atom stereocenters. The summed E-state index contributed by atoms with van der Waals surface area (Å²) in [7, 11) is 4.74. The number of benzene rings is 2. The van der Waals surface area contributed by atoms with Crippen molar-refractivity contribution in [2.45, 2.75) is 48.6 Å². The number of aliphatic hydroxyl groups is 3. The Kier molecular flexibility index (Phi) is 9.41. The smallest absolute Gasteiger partial charge is 0.254 e. The first-order valence-corrected chi connectivity index (χ1v) is 15.1. The van der Waals surface area contributed by atoms with E-state index in [-0.39, 0.29) is 0 Å². The van der Waals surface area contributed by atoms with E-state index in [1.165, 1.54) is 64.9 Å². The van der Waals surface area contributed by atoms with Crippen molar-refractivity contribution < 1.29 is 38.4 Å². The molecule has 2 aliphatic heterocycles. The Morgan fingerprint density at radius 1 is 0.979 bits per heavy atom. The Morgan fingerprint density at radius 2 is 1.57 bits per heavy atom. The van der Waals surface area contributed by atoms with Gasteiger partial charge in [0.25, 0.3) is 5.91 Å². The summed E-state index contributed by atoms with van der Waals surface area (Å²) in [4.78, 5) is 17.5. The number of amides is 1. The first kappa shape index (κ1) is 32.7. The number of rotatable bonds is 8. The van der Waals surface area contributed by atoms with E-state index >= 15 is 0 Å². The maximum atomic E-state index is 14.2. The molecule has 14 nitrogen and oxygen atoms in total. The number of likely N-dealkylation sites (tertiary alicyclic amines) is 1. The molecule has 0 saturated carbocycles. The first-order chi connectivity index (χ1) is 22.6. The second-order valence-electron chi connectivity index (χ2n) is 11.9. The third kappa shape index (κ3) is 6.39. The standard InChI is InChI=1S/C31H36F2N8O6/c1-38-14-23(27(43)24(15-38)40-12-21(34-36-40)17-6-4-8-19(32)10-17)39(2)31(45)30-29(46-3)26(28(44)25(16-42)47-30)41-13-22(35-37-41)18-7-5-9-20(33)11-18/h4-13,23-30,42-44H,14-16H2,1-3H3/t23-,24+,25+,26-,27+,28-,29+,30+/m0/s1. The molecule has 1 amide bonds. The number of nitrogens with zero attached hydrogens (tertiary/aromatic N) is 8. The van der Waals surface area contributed by atoms with E-state index in [0.29, 0.717) is 35.6 Å². The molecule has 250 valence electrons. The lowest BCUT2D eigenvalue weighted by molar-refractivity contribution is -0.218. The molecule has 3 N–H and O–H groups in total. The zero-order valence-corrected chi connectivity index (χ0v) is 25.9. The molecule has 16 heteroatoms. The van der Waals surface area contributed by atoms with Crippen LogP contribution in [0.3, 0.4) is 0 Å². The average Bonchev–Trinajstić information content (AvgIpc) is 3.76. The summed E-state index contributed by atoms with van der Waals surface area (Å²) in [6, 6.07) is 9.37. The fourth-order valence-corrected chi connectivity index (χ4v) is 6.42. The van der Waals surface area contributed by atoms with Crippen molar-refractivity contribution in [3.63, 3.8) is 0 Å². The number of methoxy groups -OCH3 is 1. The predicted molar refractivity (Wildman–Crippen MR) is 162 cm³/mol. The van der Waals surface area contributed by atoms with Crippen LogP contribution in [0.15, 0.2) is 60.9 Å². The summed E-state index contributed by atoms with van der Waals surface area (Å²) in [5, 5.41) is 49.6. The Hall–Kier alpha value is -4.19. The summed E-state index contributed by atoms with van der Waals surface area (Å²) in [6.07, 6.45) is -2.91. The van der Waals surface area contributed by atoms with Gasteiger partial charge in [0.1, 0.15) is 47.4 Å². The van der Waals surface area contributed by atoms with E-state index < -0.39 is 72.8 Å². The molecule has 0 unspecified atom stereocenters. The number of piperidine rings is 1. The van der Waals surface area contributed by atoms with E-state index in [1.807, 2.05) is 11.9 Å². The van der Waals surface area contributed by atoms with Gasteiger partial charge < -0.3 is 34.6 Å². The summed E-state index contributed by atoms with van der Waals surface area (Å²) in [6.45, 7) is 0.0994. The number of hydrogen-bond donors (Lipinski definition) is 3. The zero-order chi connectivity index (χ0) is 33.4. The van der Waals surface area contributed by atoms with Gasteiger partial charge in [0, 0.05) is 38.4 Å². The minimum absolute atomic E-state index is 0.311. The molecule has 0 aliphatic carbocycles. The maximum Gasteiger partial charge on any atom is 0.254 e. The van der Waals surface area contributed by atoms with Gasteiger partial charge in [-0.25, -0.2) is 18.1 Å². The van der Waals surface area contributed by atoms with Crippen molar-refractivity contribution in [2.24, 2.45) is 0 Å². The minimum Gasteiger partial charge on any atom is -0.394 e. The highest BCUT2D eigenvalue weighted by Crippen LogP contribution is 2.35. The average molecular weight is 655 g/mol. The van der Waals surface area contributed by atoms with Crippen LogP contribution in [0.5, 0.6) is 0 Å². The predicted octanol–water partition coefficient (Wildman–Crippen LogP) is 0.533. The minimum atomic E-state index is -1.35. The van der Waals surface area contributed by atoms with Crippen LogP contribution in [0, 0.1) is 11.6 Å². The Balaban J connectivity index is 1.25. The third-order valence-electron chi connectivity index (χ3n) is 8.92. The topological polar surface area (TPSA) is 164 Å². The van der Waals surface area contributed by atoms with Crippen LogP contribution in [0.2, 0.25) is 0 Å². The van der Waals surface area contributed by atoms with Crippen molar-refractivity contribution in [2.75, 3.05) is 40.9 Å². The number of aromatic nitrogens is 6. The van der Waals surface area contributed by atoms with Gasteiger partial charge in [-0.2, -0.15) is 0 Å². The Labute approximate surface area is 268 Å². The van der Waals surface area contributed by atoms with Crippen molar-refractivity contribution in [3.05, 3.63) is 72.6 Å². The van der Waals surface area contributed by atoms with Gasteiger partial charge >= 0.3 is 0 Å². The molecule has 2 fully saturated rings. The van der Waals surface area contributed by atoms with Crippen LogP contribution < -0.4 is 0 Å². The fraction of sp³-hybridized carbons (Fsp3) is 0.452. The Bertz CT molecular complexity index is 1710. The lowest BCUT2D eigenvalue weighted by Gasteiger charge is -2.47. The summed E-state index contributed by atoms with van der Waals surface area (Å²) < 4.78 is 42.2. The molecule has 6 rings (SSSR count). The number of halogens is 2. The van der Waals surface area contributed by atoms with Crippen molar-refractivity contribution in [1.29, 1.82) is 0 Å². The number of hydrogen-bond acceptors (Lipinski definition) is 11. The number of aliphatic hydroxyl groups excluding tert-OH is 3. The number of carbonyl (C=O) groups is 1. The van der Waals surface area contributed by atoms with Crippen LogP contribution in [0.1, 0.15) is 12.1 Å². The number of likely N-dealkylation sites (N-methyl/N-ethyl adjacent to an activating group) is 2. The lowest BCUT2D eigenvalue weighted by Crippen LogP contribution is -2.64. The highest BCUT2D eigenvalue weighted by molar-refractivity contribution is 5.82. The molecule has 2 aromatic heterocycles. The van der Waals surface area contributed by atoms with Gasteiger partial charge in [-0.15, -0.1) is 10.2 Å². The first-order valence-electron chi connectivity index (χ1n) is 15.1. The van der Waals surface area contributed by atoms with Gasteiger partial charge in [0.05, 0.1) is 37.2 Å². The molecule has 4 heterocycles. The summed E-state index contributed by atoms with van der Waals surface area (Å²) in [5.41, 5.74) is 1.74. The highest BCUT2D eigenvalue weighted by Gasteiger charge is 2.52. The van der Waals surface area contributed by atoms with Crippen LogP contribution in [0.25, 0.3) is 22.5 Å². The molecule has 47 heavy (non-hydrogen) atoms. The second kappa shape index (κ2) is 13.5. The zero-order valence-electron chi connectivity index (χ0n) is 25.9. The van der Waals surface area contributed by atoms with Crippen molar-refractivity contribution >= 4 is 5.91 Å². The Morgan fingerprint density at radius 3 is 2.15 bits per heavy atom. The molecule has 0 bridgehead atoms. The fourth-order valence-electron chi connectivity index (χ4n) is 6.42. The third-order valence-corrected chi connectivity index (χ3v) is 8.92. The molecular formula is C31H36F2N8O6. The largest absolute Gasteiger partial charge is 0.394 e.